The van der Waals surface area contributed by atoms with Crippen molar-refractivity contribution in [2.45, 2.75) is 25.7 Å². The Bertz CT molecular complexity index is 808. The summed E-state index contributed by atoms with van der Waals surface area (Å²) < 4.78 is 22.9. The van der Waals surface area contributed by atoms with Gasteiger partial charge in [0.25, 0.3) is 5.91 Å². The second kappa shape index (κ2) is 5.59. The van der Waals surface area contributed by atoms with Crippen molar-refractivity contribution in [1.29, 1.82) is 0 Å². The molecule has 7 heteroatoms. The van der Waals surface area contributed by atoms with Crippen LogP contribution in [0.2, 0.25) is 0 Å². The van der Waals surface area contributed by atoms with Crippen molar-refractivity contribution in [2.24, 2.45) is 5.14 Å². The standard InChI is InChI=1S/C14H16N2O3S2/c1-8-6-11(21(15,18)19)7-12(10(8)3)16-14(17)13-5-4-9(2)20-13/h4-7H,1-3H3,(H,16,17)(H2,15,18,19). The molecule has 0 fully saturated rings. The summed E-state index contributed by atoms with van der Waals surface area (Å²) in [5.41, 5.74) is 2.01. The average Bonchev–Trinajstić information content (AvgIpc) is 2.80. The largest absolute Gasteiger partial charge is 0.321 e. The number of amides is 1. The van der Waals surface area contributed by atoms with Crippen molar-refractivity contribution in [3.8, 4) is 0 Å². The number of thiophene rings is 1. The van der Waals surface area contributed by atoms with Crippen LogP contribution < -0.4 is 10.5 Å². The number of aryl methyl sites for hydroxylation is 2. The van der Waals surface area contributed by atoms with Crippen molar-refractivity contribution in [3.05, 3.63) is 45.1 Å². The van der Waals surface area contributed by atoms with Gasteiger partial charge in [-0.15, -0.1) is 11.3 Å². The van der Waals surface area contributed by atoms with E-state index in [4.69, 9.17) is 5.14 Å². The maximum absolute atomic E-state index is 12.2. The Hall–Kier alpha value is -1.70. The molecule has 0 radical (unpaired) electrons. The molecule has 21 heavy (non-hydrogen) atoms. The van der Waals surface area contributed by atoms with E-state index in [9.17, 15) is 13.2 Å². The lowest BCUT2D eigenvalue weighted by Crippen LogP contribution is -2.15. The first-order chi connectivity index (χ1) is 9.68. The summed E-state index contributed by atoms with van der Waals surface area (Å²) in [4.78, 5) is 13.8. The molecule has 1 aromatic heterocycles. The van der Waals surface area contributed by atoms with Gasteiger partial charge in [0.15, 0.2) is 0 Å². The second-order valence-electron chi connectivity index (χ2n) is 4.82. The highest BCUT2D eigenvalue weighted by Gasteiger charge is 2.15. The van der Waals surface area contributed by atoms with Crippen molar-refractivity contribution in [1.82, 2.24) is 0 Å². The van der Waals surface area contributed by atoms with E-state index in [0.717, 1.165) is 16.0 Å². The number of carbonyl (C=O) groups excluding carboxylic acids is 1. The van der Waals surface area contributed by atoms with Crippen molar-refractivity contribution >= 4 is 33.0 Å². The molecule has 0 atom stereocenters. The van der Waals surface area contributed by atoms with Crippen LogP contribution in [0.25, 0.3) is 0 Å². The Labute approximate surface area is 127 Å². The molecule has 0 aliphatic carbocycles. The summed E-state index contributed by atoms with van der Waals surface area (Å²) in [6.45, 7) is 5.50. The normalized spacial score (nSPS) is 11.4. The SMILES string of the molecule is Cc1ccc(C(=O)Nc2cc(S(N)(=O)=O)cc(C)c2C)s1. The zero-order valence-corrected chi connectivity index (χ0v) is 13.6. The first-order valence-corrected chi connectivity index (χ1v) is 8.56. The molecule has 0 saturated carbocycles. The van der Waals surface area contributed by atoms with Crippen molar-refractivity contribution < 1.29 is 13.2 Å². The zero-order valence-electron chi connectivity index (χ0n) is 11.9. The number of primary sulfonamides is 1. The number of nitrogens with two attached hydrogens (primary N) is 1. The van der Waals surface area contributed by atoms with Crippen LogP contribution in [0, 0.1) is 20.8 Å². The monoisotopic (exact) mass is 324 g/mol. The number of nitrogens with one attached hydrogen (secondary N) is 1. The predicted octanol–water partition coefficient (Wildman–Crippen LogP) is 2.57. The Morgan fingerprint density at radius 3 is 2.38 bits per heavy atom. The van der Waals surface area contributed by atoms with Gasteiger partial charge >= 0.3 is 0 Å². The molecule has 2 rings (SSSR count). The molecular weight excluding hydrogens is 308 g/mol. The van der Waals surface area contributed by atoms with Crippen LogP contribution in [0.15, 0.2) is 29.2 Å². The smallest absolute Gasteiger partial charge is 0.265 e. The Balaban J connectivity index is 2.40. The van der Waals surface area contributed by atoms with Gasteiger partial charge in [-0.2, -0.15) is 0 Å². The van der Waals surface area contributed by atoms with Crippen LogP contribution in [0.1, 0.15) is 25.7 Å². The Morgan fingerprint density at radius 2 is 1.86 bits per heavy atom. The van der Waals surface area contributed by atoms with Gasteiger partial charge in [-0.25, -0.2) is 13.6 Å². The third-order valence-electron chi connectivity index (χ3n) is 3.18. The summed E-state index contributed by atoms with van der Waals surface area (Å²) in [6, 6.07) is 6.48. The number of sulfonamides is 1. The van der Waals surface area contributed by atoms with Gasteiger partial charge in [0.1, 0.15) is 0 Å². The number of hydrogen-bond acceptors (Lipinski definition) is 4. The second-order valence-corrected chi connectivity index (χ2v) is 7.67. The molecule has 1 aromatic carbocycles. The fourth-order valence-electron chi connectivity index (χ4n) is 1.86. The van der Waals surface area contributed by atoms with Gasteiger partial charge in [-0.1, -0.05) is 0 Å². The van der Waals surface area contributed by atoms with E-state index < -0.39 is 10.0 Å². The fourth-order valence-corrected chi connectivity index (χ4v) is 3.25. The zero-order chi connectivity index (χ0) is 15.8. The molecule has 2 aromatic rings. The van der Waals surface area contributed by atoms with E-state index in [0.29, 0.717) is 10.6 Å². The van der Waals surface area contributed by atoms with Crippen LogP contribution in [0.5, 0.6) is 0 Å². The van der Waals surface area contributed by atoms with E-state index in [1.807, 2.05) is 19.9 Å². The molecule has 1 heterocycles. The maximum atomic E-state index is 12.2. The Kier molecular flexibility index (Phi) is 4.18. The molecule has 112 valence electrons. The van der Waals surface area contributed by atoms with Crippen LogP contribution >= 0.6 is 11.3 Å². The number of benzene rings is 1. The van der Waals surface area contributed by atoms with Crippen molar-refractivity contribution in [3.63, 3.8) is 0 Å². The maximum Gasteiger partial charge on any atom is 0.265 e. The molecule has 1 amide bonds. The summed E-state index contributed by atoms with van der Waals surface area (Å²) in [5.74, 6) is -0.262. The molecular formula is C14H16N2O3S2. The van der Waals surface area contributed by atoms with E-state index in [2.05, 4.69) is 5.32 Å². The highest BCUT2D eigenvalue weighted by Crippen LogP contribution is 2.25. The van der Waals surface area contributed by atoms with Gasteiger partial charge in [-0.3, -0.25) is 4.79 Å². The van der Waals surface area contributed by atoms with Crippen LogP contribution in [0.3, 0.4) is 0 Å². The van der Waals surface area contributed by atoms with E-state index in [1.165, 1.54) is 23.5 Å². The molecule has 0 saturated heterocycles. The highest BCUT2D eigenvalue weighted by molar-refractivity contribution is 7.89. The number of anilines is 1. The van der Waals surface area contributed by atoms with E-state index in [-0.39, 0.29) is 10.8 Å². The lowest BCUT2D eigenvalue weighted by atomic mass is 10.1. The quantitative estimate of drug-likeness (QED) is 0.909. The summed E-state index contributed by atoms with van der Waals surface area (Å²) >= 11 is 1.38. The van der Waals surface area contributed by atoms with Crippen LogP contribution in [-0.2, 0) is 10.0 Å². The van der Waals surface area contributed by atoms with E-state index >= 15 is 0 Å². The molecule has 3 N–H and O–H groups in total. The minimum atomic E-state index is -3.81. The minimum Gasteiger partial charge on any atom is -0.321 e. The lowest BCUT2D eigenvalue weighted by molar-refractivity contribution is 0.103. The molecule has 0 spiro atoms. The van der Waals surface area contributed by atoms with Crippen LogP contribution in [-0.4, -0.2) is 14.3 Å². The molecule has 0 aliphatic heterocycles. The fraction of sp³-hybridized carbons (Fsp3) is 0.214. The van der Waals surface area contributed by atoms with Crippen molar-refractivity contribution in [2.75, 3.05) is 5.32 Å². The highest BCUT2D eigenvalue weighted by atomic mass is 32.2. The van der Waals surface area contributed by atoms with E-state index in [1.54, 1.807) is 13.0 Å². The summed E-state index contributed by atoms with van der Waals surface area (Å²) in [7, 11) is -3.81. The summed E-state index contributed by atoms with van der Waals surface area (Å²) in [6.07, 6.45) is 0. The topological polar surface area (TPSA) is 89.3 Å². The number of carbonyl (C=O) groups is 1. The minimum absolute atomic E-state index is 0.0109. The number of rotatable bonds is 3. The first-order valence-electron chi connectivity index (χ1n) is 6.20. The number of hydrogen-bond donors (Lipinski definition) is 2. The molecule has 5 nitrogen and oxygen atoms in total. The molecule has 0 unspecified atom stereocenters. The molecule has 0 aliphatic rings. The molecule has 0 bridgehead atoms. The van der Waals surface area contributed by atoms with Gasteiger partial charge in [0.2, 0.25) is 10.0 Å². The Morgan fingerprint density at radius 1 is 1.19 bits per heavy atom. The van der Waals surface area contributed by atoms with Crippen LogP contribution in [0.4, 0.5) is 5.69 Å². The van der Waals surface area contributed by atoms with Gasteiger partial charge in [0.05, 0.1) is 9.77 Å². The predicted molar refractivity (Wildman–Crippen MR) is 84.3 cm³/mol. The third-order valence-corrected chi connectivity index (χ3v) is 5.07. The van der Waals surface area contributed by atoms with Gasteiger partial charge in [-0.05, 0) is 56.2 Å². The first kappa shape index (κ1) is 15.7. The van der Waals surface area contributed by atoms with Gasteiger partial charge in [0, 0.05) is 10.6 Å². The van der Waals surface area contributed by atoms with Gasteiger partial charge < -0.3 is 5.32 Å². The lowest BCUT2D eigenvalue weighted by Gasteiger charge is -2.12. The average molecular weight is 324 g/mol. The summed E-state index contributed by atoms with van der Waals surface area (Å²) in [5, 5.41) is 7.90. The third kappa shape index (κ3) is 3.49.